The first-order chi connectivity index (χ1) is 13.2. The van der Waals surface area contributed by atoms with Gasteiger partial charge >= 0.3 is 0 Å². The summed E-state index contributed by atoms with van der Waals surface area (Å²) in [6.07, 6.45) is 1.80. The van der Waals surface area contributed by atoms with Crippen LogP contribution in [-0.2, 0) is 11.3 Å². The van der Waals surface area contributed by atoms with E-state index in [1.165, 1.54) is 11.3 Å². The lowest BCUT2D eigenvalue weighted by Crippen LogP contribution is -2.35. The summed E-state index contributed by atoms with van der Waals surface area (Å²) in [5, 5.41) is 3.36. The average molecular weight is 384 g/mol. The Bertz CT molecular complexity index is 930. The molecule has 3 N–H and O–H groups in total. The first-order valence-electron chi connectivity index (χ1n) is 8.69. The number of morpholine rings is 1. The summed E-state index contributed by atoms with van der Waals surface area (Å²) in [5.41, 5.74) is 7.27. The van der Waals surface area contributed by atoms with Crippen LogP contribution in [0.25, 0.3) is 11.3 Å². The topological polar surface area (TPSA) is 93.6 Å². The van der Waals surface area contributed by atoms with Crippen LogP contribution in [0.1, 0.15) is 15.4 Å². The Labute approximate surface area is 160 Å². The molecular weight excluding hydrogens is 364 g/mol. The van der Waals surface area contributed by atoms with Crippen LogP contribution in [-0.4, -0.2) is 42.1 Å². The molecule has 7 nitrogen and oxygen atoms in total. The quantitative estimate of drug-likeness (QED) is 0.657. The molecule has 1 aromatic carbocycles. The number of nitrogens with zero attached hydrogens (tertiary/aromatic N) is 2. The second-order valence-electron chi connectivity index (χ2n) is 6.26. The summed E-state index contributed by atoms with van der Waals surface area (Å²) < 4.78 is 11.0. The number of nitrogen functional groups attached to an aromatic ring is 1. The van der Waals surface area contributed by atoms with Gasteiger partial charge in [0.25, 0.3) is 5.91 Å². The second kappa shape index (κ2) is 7.91. The molecule has 0 saturated carbocycles. The lowest BCUT2D eigenvalue weighted by atomic mass is 10.1. The molecule has 0 unspecified atom stereocenters. The van der Waals surface area contributed by atoms with Gasteiger partial charge < -0.3 is 14.9 Å². The number of thiazole rings is 1. The maximum Gasteiger partial charge on any atom is 0.293 e. The maximum atomic E-state index is 12.4. The number of nitrogens with one attached hydrogen (secondary N) is 1. The summed E-state index contributed by atoms with van der Waals surface area (Å²) in [7, 11) is 0. The number of carbonyl (C=O) groups excluding carboxylic acids is 1. The summed E-state index contributed by atoms with van der Waals surface area (Å²) in [6, 6.07) is 10.7. The minimum Gasteiger partial charge on any atom is -0.451 e. The van der Waals surface area contributed by atoms with Crippen molar-refractivity contribution in [2.75, 3.05) is 37.4 Å². The number of furan rings is 1. The number of hydrogen-bond donors (Lipinski definition) is 2. The zero-order valence-electron chi connectivity index (χ0n) is 14.7. The molecule has 3 aromatic rings. The third-order valence-corrected chi connectivity index (χ3v) is 5.16. The van der Waals surface area contributed by atoms with Gasteiger partial charge in [0.05, 0.1) is 13.2 Å². The Morgan fingerprint density at radius 1 is 1.26 bits per heavy atom. The van der Waals surface area contributed by atoms with E-state index in [2.05, 4.69) is 15.2 Å². The smallest absolute Gasteiger partial charge is 0.293 e. The third-order valence-electron chi connectivity index (χ3n) is 4.26. The van der Waals surface area contributed by atoms with Gasteiger partial charge in [-0.25, -0.2) is 4.98 Å². The molecule has 1 aliphatic rings. The molecule has 140 valence electrons. The van der Waals surface area contributed by atoms with E-state index in [1.54, 1.807) is 30.5 Å². The number of amides is 1. The van der Waals surface area contributed by atoms with Crippen LogP contribution in [0, 0.1) is 0 Å². The number of ether oxygens (including phenoxy) is 1. The second-order valence-corrected chi connectivity index (χ2v) is 7.38. The molecule has 0 aliphatic carbocycles. The van der Waals surface area contributed by atoms with E-state index in [0.29, 0.717) is 16.6 Å². The van der Waals surface area contributed by atoms with E-state index < -0.39 is 0 Å². The van der Waals surface area contributed by atoms with Crippen LogP contribution in [0.15, 0.2) is 47.0 Å². The Kier molecular flexibility index (Phi) is 5.19. The maximum absolute atomic E-state index is 12.4. The number of benzene rings is 1. The van der Waals surface area contributed by atoms with Crippen molar-refractivity contribution >= 4 is 28.1 Å². The fraction of sp³-hybridized carbons (Fsp3) is 0.263. The summed E-state index contributed by atoms with van der Waals surface area (Å²) >= 11 is 1.47. The van der Waals surface area contributed by atoms with Gasteiger partial charge in [0.2, 0.25) is 0 Å². The van der Waals surface area contributed by atoms with Gasteiger partial charge in [-0.05, 0) is 24.3 Å². The first-order valence-corrected chi connectivity index (χ1v) is 9.51. The predicted molar refractivity (Wildman–Crippen MR) is 105 cm³/mol. The molecule has 0 bridgehead atoms. The Hall–Kier alpha value is -2.68. The van der Waals surface area contributed by atoms with Crippen molar-refractivity contribution in [2.24, 2.45) is 0 Å². The van der Waals surface area contributed by atoms with Crippen molar-refractivity contribution < 1.29 is 13.9 Å². The number of nitrogens with two attached hydrogens (primary N) is 1. The molecule has 1 saturated heterocycles. The molecule has 27 heavy (non-hydrogen) atoms. The van der Waals surface area contributed by atoms with Gasteiger partial charge in [0.15, 0.2) is 10.9 Å². The summed E-state index contributed by atoms with van der Waals surface area (Å²) in [5.74, 6) is 0.509. The van der Waals surface area contributed by atoms with E-state index in [0.717, 1.165) is 43.3 Å². The van der Waals surface area contributed by atoms with Gasteiger partial charge in [0, 0.05) is 42.0 Å². The van der Waals surface area contributed by atoms with Crippen molar-refractivity contribution in [3.63, 3.8) is 0 Å². The minimum absolute atomic E-state index is 0.234. The van der Waals surface area contributed by atoms with E-state index in [9.17, 15) is 4.79 Å². The van der Waals surface area contributed by atoms with Crippen LogP contribution < -0.4 is 11.1 Å². The number of aromatic nitrogens is 1. The monoisotopic (exact) mass is 384 g/mol. The van der Waals surface area contributed by atoms with E-state index in [1.807, 2.05) is 12.1 Å². The first kappa shape index (κ1) is 17.7. The fourth-order valence-corrected chi connectivity index (χ4v) is 3.73. The van der Waals surface area contributed by atoms with Crippen LogP contribution in [0.5, 0.6) is 0 Å². The molecule has 3 heterocycles. The predicted octanol–water partition coefficient (Wildman–Crippen LogP) is 3.07. The molecule has 0 atom stereocenters. The Morgan fingerprint density at radius 2 is 2.11 bits per heavy atom. The fourth-order valence-electron chi connectivity index (χ4n) is 2.88. The molecule has 8 heteroatoms. The third kappa shape index (κ3) is 4.36. The van der Waals surface area contributed by atoms with Crippen LogP contribution in [0.3, 0.4) is 0 Å². The number of hydrogen-bond acceptors (Lipinski definition) is 7. The largest absolute Gasteiger partial charge is 0.451 e. The van der Waals surface area contributed by atoms with Crippen molar-refractivity contribution in [1.29, 1.82) is 0 Å². The summed E-state index contributed by atoms with van der Waals surface area (Å²) in [6.45, 7) is 4.17. The van der Waals surface area contributed by atoms with Crippen LogP contribution in [0.2, 0.25) is 0 Å². The Morgan fingerprint density at radius 3 is 2.93 bits per heavy atom. The molecule has 1 aliphatic heterocycles. The number of rotatable bonds is 5. The van der Waals surface area contributed by atoms with Crippen molar-refractivity contribution in [2.45, 2.75) is 6.54 Å². The molecular formula is C19H20N4O3S. The van der Waals surface area contributed by atoms with Gasteiger partial charge in [-0.1, -0.05) is 12.1 Å². The van der Waals surface area contributed by atoms with E-state index >= 15 is 0 Å². The van der Waals surface area contributed by atoms with Gasteiger partial charge in [0.1, 0.15) is 5.76 Å². The molecule has 4 rings (SSSR count). The van der Waals surface area contributed by atoms with Crippen LogP contribution in [0.4, 0.5) is 10.8 Å². The SMILES string of the molecule is Nc1cccc(-c2ccc(C(=O)Nc3ncc(CN4CCOCC4)s3)o2)c1. The van der Waals surface area contributed by atoms with Crippen LogP contribution >= 0.6 is 11.3 Å². The highest BCUT2D eigenvalue weighted by Gasteiger charge is 2.16. The van der Waals surface area contributed by atoms with E-state index in [-0.39, 0.29) is 11.7 Å². The number of carbonyl (C=O) groups is 1. The lowest BCUT2D eigenvalue weighted by Gasteiger charge is -2.25. The standard InChI is InChI=1S/C19H20N4O3S/c20-14-3-1-2-13(10-14)16-4-5-17(26-16)18(24)22-19-21-11-15(27-19)12-23-6-8-25-9-7-23/h1-5,10-11H,6-9,12,20H2,(H,21,22,24). The molecule has 0 spiro atoms. The minimum atomic E-state index is -0.322. The van der Waals surface area contributed by atoms with Crippen molar-refractivity contribution in [3.05, 3.63) is 53.2 Å². The van der Waals surface area contributed by atoms with Crippen molar-refractivity contribution in [1.82, 2.24) is 9.88 Å². The van der Waals surface area contributed by atoms with Gasteiger partial charge in [-0.3, -0.25) is 15.0 Å². The highest BCUT2D eigenvalue weighted by Crippen LogP contribution is 2.25. The van der Waals surface area contributed by atoms with Crippen molar-refractivity contribution in [3.8, 4) is 11.3 Å². The highest BCUT2D eigenvalue weighted by atomic mass is 32.1. The average Bonchev–Trinajstić information content (AvgIpc) is 3.32. The van der Waals surface area contributed by atoms with Gasteiger partial charge in [-0.2, -0.15) is 0 Å². The molecule has 2 aromatic heterocycles. The molecule has 1 fully saturated rings. The molecule has 1 amide bonds. The Balaban J connectivity index is 1.39. The van der Waals surface area contributed by atoms with Gasteiger partial charge in [-0.15, -0.1) is 11.3 Å². The van der Waals surface area contributed by atoms with E-state index in [4.69, 9.17) is 14.9 Å². The highest BCUT2D eigenvalue weighted by molar-refractivity contribution is 7.15. The zero-order chi connectivity index (χ0) is 18.6. The zero-order valence-corrected chi connectivity index (χ0v) is 15.5. The molecule has 0 radical (unpaired) electrons. The normalized spacial score (nSPS) is 15.0. The number of anilines is 2. The lowest BCUT2D eigenvalue weighted by molar-refractivity contribution is 0.0346. The summed E-state index contributed by atoms with van der Waals surface area (Å²) in [4.78, 5) is 20.1.